The number of carbonyl (C=O) groups excluding carboxylic acids is 2. The molecule has 3 N–H and O–H groups in total. The summed E-state index contributed by atoms with van der Waals surface area (Å²) in [6.07, 6.45) is 1.51. The van der Waals surface area contributed by atoms with Crippen molar-refractivity contribution in [1.82, 2.24) is 5.32 Å². The standard InChI is InChI=1S/C29H28N4O4S/c1-17-8-5-9-18(2)27(17)33-28(35)25-19(3)31-29(22(15-30)26(25)23-12-7-13-37-23)38-16-24(34)32-20-10-6-11-21(14-20)36-4/h5-14,26,31H,16H2,1-4H3,(H,32,34)(H,33,35). The highest BCUT2D eigenvalue weighted by Crippen LogP contribution is 2.41. The third-order valence-corrected chi connectivity index (χ3v) is 7.16. The Morgan fingerprint density at radius 2 is 1.82 bits per heavy atom. The third-order valence-electron chi connectivity index (χ3n) is 6.14. The minimum Gasteiger partial charge on any atom is -0.497 e. The van der Waals surface area contributed by atoms with Gasteiger partial charge < -0.3 is 25.1 Å². The summed E-state index contributed by atoms with van der Waals surface area (Å²) >= 11 is 1.19. The minimum atomic E-state index is -0.732. The number of amides is 2. The molecule has 8 nitrogen and oxygen atoms in total. The predicted molar refractivity (Wildman–Crippen MR) is 149 cm³/mol. The van der Waals surface area contributed by atoms with Crippen LogP contribution in [-0.2, 0) is 9.59 Å². The second-order valence-electron chi connectivity index (χ2n) is 8.76. The van der Waals surface area contributed by atoms with Gasteiger partial charge in [-0.05, 0) is 56.2 Å². The number of para-hydroxylation sites is 1. The number of nitriles is 1. The highest BCUT2D eigenvalue weighted by molar-refractivity contribution is 8.03. The molecular weight excluding hydrogens is 500 g/mol. The number of nitrogens with zero attached hydrogens (tertiary/aromatic N) is 1. The quantitative estimate of drug-likeness (QED) is 0.348. The van der Waals surface area contributed by atoms with E-state index in [4.69, 9.17) is 9.15 Å². The lowest BCUT2D eigenvalue weighted by molar-refractivity contribution is -0.114. The van der Waals surface area contributed by atoms with Gasteiger partial charge in [-0.2, -0.15) is 5.26 Å². The zero-order chi connectivity index (χ0) is 27.2. The molecule has 194 valence electrons. The molecule has 0 spiro atoms. The second kappa shape index (κ2) is 11.8. The molecule has 2 aromatic carbocycles. The van der Waals surface area contributed by atoms with Crippen LogP contribution in [0.5, 0.6) is 5.75 Å². The van der Waals surface area contributed by atoms with E-state index >= 15 is 0 Å². The maximum atomic E-state index is 13.6. The number of ether oxygens (including phenoxy) is 1. The SMILES string of the molecule is COc1cccc(NC(=O)CSC2=C(C#N)C(c3ccco3)C(C(=O)Nc3c(C)cccc3C)=C(C)N2)c1. The van der Waals surface area contributed by atoms with Gasteiger partial charge in [0.1, 0.15) is 11.5 Å². The van der Waals surface area contributed by atoms with Gasteiger partial charge in [-0.25, -0.2) is 0 Å². The van der Waals surface area contributed by atoms with Crippen molar-refractivity contribution in [2.75, 3.05) is 23.5 Å². The van der Waals surface area contributed by atoms with Crippen LogP contribution in [0.15, 0.2) is 87.1 Å². The number of hydrogen-bond donors (Lipinski definition) is 3. The lowest BCUT2D eigenvalue weighted by Crippen LogP contribution is -2.31. The lowest BCUT2D eigenvalue weighted by atomic mass is 9.85. The topological polar surface area (TPSA) is 116 Å². The van der Waals surface area contributed by atoms with Crippen molar-refractivity contribution in [2.24, 2.45) is 0 Å². The summed E-state index contributed by atoms with van der Waals surface area (Å²) in [5.41, 5.74) is 4.46. The number of anilines is 2. The monoisotopic (exact) mass is 528 g/mol. The van der Waals surface area contributed by atoms with E-state index in [1.165, 1.54) is 18.0 Å². The highest BCUT2D eigenvalue weighted by Gasteiger charge is 2.36. The van der Waals surface area contributed by atoms with Crippen LogP contribution in [-0.4, -0.2) is 24.7 Å². The number of carbonyl (C=O) groups is 2. The lowest BCUT2D eigenvalue weighted by Gasteiger charge is -2.28. The van der Waals surface area contributed by atoms with E-state index in [0.29, 0.717) is 39.1 Å². The van der Waals surface area contributed by atoms with Crippen molar-refractivity contribution >= 4 is 35.0 Å². The number of furan rings is 1. The number of dihydropyridines is 1. The number of methoxy groups -OCH3 is 1. The fourth-order valence-electron chi connectivity index (χ4n) is 4.30. The summed E-state index contributed by atoms with van der Waals surface area (Å²) in [4.78, 5) is 26.3. The summed E-state index contributed by atoms with van der Waals surface area (Å²) in [6, 6.07) is 18.6. The number of benzene rings is 2. The Balaban J connectivity index is 1.59. The molecule has 3 aromatic rings. The van der Waals surface area contributed by atoms with Crippen molar-refractivity contribution in [3.8, 4) is 11.8 Å². The van der Waals surface area contributed by atoms with E-state index in [2.05, 4.69) is 22.0 Å². The molecule has 0 fully saturated rings. The van der Waals surface area contributed by atoms with Gasteiger partial charge in [-0.15, -0.1) is 0 Å². The van der Waals surface area contributed by atoms with E-state index < -0.39 is 5.92 Å². The molecule has 0 saturated carbocycles. The van der Waals surface area contributed by atoms with Gasteiger partial charge in [0.15, 0.2) is 0 Å². The average molecular weight is 529 g/mol. The maximum absolute atomic E-state index is 13.6. The van der Waals surface area contributed by atoms with Gasteiger partial charge in [-0.1, -0.05) is 36.0 Å². The Morgan fingerprint density at radius 3 is 2.47 bits per heavy atom. The average Bonchev–Trinajstić information content (AvgIpc) is 3.44. The molecule has 1 atom stereocenters. The number of thioether (sulfide) groups is 1. The second-order valence-corrected chi connectivity index (χ2v) is 9.74. The summed E-state index contributed by atoms with van der Waals surface area (Å²) in [5.74, 6) is -0.164. The normalized spacial score (nSPS) is 15.0. The molecule has 1 aliphatic rings. The Labute approximate surface area is 225 Å². The van der Waals surface area contributed by atoms with Crippen LogP contribution in [0.2, 0.25) is 0 Å². The predicted octanol–water partition coefficient (Wildman–Crippen LogP) is 5.61. The molecule has 38 heavy (non-hydrogen) atoms. The highest BCUT2D eigenvalue weighted by atomic mass is 32.2. The molecule has 0 radical (unpaired) electrons. The van der Waals surface area contributed by atoms with E-state index in [0.717, 1.165) is 16.8 Å². The summed E-state index contributed by atoms with van der Waals surface area (Å²) in [7, 11) is 1.56. The number of allylic oxidation sites excluding steroid dienone is 2. The first-order valence-electron chi connectivity index (χ1n) is 11.9. The van der Waals surface area contributed by atoms with Gasteiger partial charge >= 0.3 is 0 Å². The zero-order valence-corrected chi connectivity index (χ0v) is 22.4. The van der Waals surface area contributed by atoms with Crippen molar-refractivity contribution in [2.45, 2.75) is 26.7 Å². The van der Waals surface area contributed by atoms with Gasteiger partial charge in [0.2, 0.25) is 5.91 Å². The van der Waals surface area contributed by atoms with Crippen LogP contribution in [0.25, 0.3) is 0 Å². The molecule has 0 aliphatic carbocycles. The van der Waals surface area contributed by atoms with Gasteiger partial charge in [-0.3, -0.25) is 9.59 Å². The minimum absolute atomic E-state index is 0.0484. The number of rotatable bonds is 8. The van der Waals surface area contributed by atoms with E-state index in [9.17, 15) is 14.9 Å². The van der Waals surface area contributed by atoms with E-state index in [1.54, 1.807) is 50.4 Å². The fourth-order valence-corrected chi connectivity index (χ4v) is 5.19. The Hall–Kier alpha value is -4.42. The zero-order valence-electron chi connectivity index (χ0n) is 21.5. The molecule has 9 heteroatoms. The number of nitrogens with one attached hydrogen (secondary N) is 3. The molecule has 4 rings (SSSR count). The smallest absolute Gasteiger partial charge is 0.254 e. The molecule has 1 unspecified atom stereocenters. The van der Waals surface area contributed by atoms with Gasteiger partial charge in [0.25, 0.3) is 5.91 Å². The van der Waals surface area contributed by atoms with Gasteiger partial charge in [0, 0.05) is 23.1 Å². The third kappa shape index (κ3) is 5.76. The molecule has 2 heterocycles. The number of aryl methyl sites for hydroxylation is 2. The van der Waals surface area contributed by atoms with Crippen molar-refractivity contribution in [3.63, 3.8) is 0 Å². The molecule has 2 amide bonds. The van der Waals surface area contributed by atoms with Crippen molar-refractivity contribution in [1.29, 1.82) is 5.26 Å². The van der Waals surface area contributed by atoms with Crippen LogP contribution >= 0.6 is 11.8 Å². The van der Waals surface area contributed by atoms with E-state index in [-0.39, 0.29) is 17.6 Å². The van der Waals surface area contributed by atoms with Crippen molar-refractivity contribution in [3.05, 3.63) is 99.6 Å². The van der Waals surface area contributed by atoms with Crippen LogP contribution in [0.1, 0.15) is 29.7 Å². The van der Waals surface area contributed by atoms with Crippen LogP contribution in [0.4, 0.5) is 11.4 Å². The van der Waals surface area contributed by atoms with Crippen LogP contribution in [0.3, 0.4) is 0 Å². The molecule has 1 aromatic heterocycles. The Kier molecular flexibility index (Phi) is 8.24. The molecule has 0 bridgehead atoms. The summed E-state index contributed by atoms with van der Waals surface area (Å²) in [6.45, 7) is 5.64. The fraction of sp³-hybridized carbons (Fsp3) is 0.207. The van der Waals surface area contributed by atoms with E-state index in [1.807, 2.05) is 32.0 Å². The molecule has 0 saturated heterocycles. The largest absolute Gasteiger partial charge is 0.497 e. The first kappa shape index (κ1) is 26.6. The van der Waals surface area contributed by atoms with Crippen LogP contribution < -0.4 is 20.7 Å². The maximum Gasteiger partial charge on any atom is 0.254 e. The first-order chi connectivity index (χ1) is 18.3. The van der Waals surface area contributed by atoms with Crippen LogP contribution in [0, 0.1) is 25.2 Å². The molecule has 1 aliphatic heterocycles. The Bertz CT molecular complexity index is 1450. The first-order valence-corrected chi connectivity index (χ1v) is 12.9. The van der Waals surface area contributed by atoms with Crippen molar-refractivity contribution < 1.29 is 18.7 Å². The summed E-state index contributed by atoms with van der Waals surface area (Å²) < 4.78 is 10.9. The Morgan fingerprint density at radius 1 is 1.08 bits per heavy atom. The summed E-state index contributed by atoms with van der Waals surface area (Å²) in [5, 5.41) is 19.7. The molecular formula is C29H28N4O4S. The van der Waals surface area contributed by atoms with Gasteiger partial charge in [0.05, 0.1) is 47.3 Å². The number of hydrogen-bond acceptors (Lipinski definition) is 7.